The van der Waals surface area contributed by atoms with E-state index in [-0.39, 0.29) is 5.56 Å². The Kier molecular flexibility index (Phi) is 5.39. The number of aryl methyl sites for hydroxylation is 1. The molecule has 4 aromatic rings. The molecule has 0 N–H and O–H groups in total. The minimum atomic E-state index is -0.0200. The molecule has 35 heavy (non-hydrogen) atoms. The fourth-order valence-corrected chi connectivity index (χ4v) is 5.81. The molecule has 1 atom stereocenters. The Labute approximate surface area is 205 Å². The number of fused-ring (bicyclic) bond motifs is 2. The van der Waals surface area contributed by atoms with Crippen molar-refractivity contribution in [2.75, 3.05) is 31.1 Å². The number of rotatable bonds is 3. The van der Waals surface area contributed by atoms with Crippen molar-refractivity contribution in [1.82, 2.24) is 9.47 Å². The highest BCUT2D eigenvalue weighted by Crippen LogP contribution is 2.31. The molecule has 2 fully saturated rings. The van der Waals surface area contributed by atoms with E-state index in [4.69, 9.17) is 5.26 Å². The molecule has 3 heterocycles. The highest BCUT2D eigenvalue weighted by molar-refractivity contribution is 5.98. The standard InChI is InChI=1S/C30H28N4O/c1-21-19-34(25-13-11-24(12-14-25)33-17-16-32-15-3-4-26(32)20-33)30(35)28-6-2-5-27(29(21)28)23-9-7-22(18-31)8-10-23/h2,5-14,19,26H,3-4,15-17,20H2,1H3. The topological polar surface area (TPSA) is 52.3 Å². The summed E-state index contributed by atoms with van der Waals surface area (Å²) < 4.78 is 1.76. The number of pyridine rings is 1. The number of hydrogen-bond donors (Lipinski definition) is 0. The molecule has 0 spiro atoms. The van der Waals surface area contributed by atoms with E-state index in [2.05, 4.69) is 47.1 Å². The first-order chi connectivity index (χ1) is 17.1. The van der Waals surface area contributed by atoms with Crippen LogP contribution in [0.3, 0.4) is 0 Å². The van der Waals surface area contributed by atoms with Crippen molar-refractivity contribution in [2.45, 2.75) is 25.8 Å². The van der Waals surface area contributed by atoms with Crippen LogP contribution in [0.1, 0.15) is 24.0 Å². The van der Waals surface area contributed by atoms with E-state index < -0.39 is 0 Å². The van der Waals surface area contributed by atoms with E-state index in [0.717, 1.165) is 47.4 Å². The number of anilines is 1. The van der Waals surface area contributed by atoms with Gasteiger partial charge in [0, 0.05) is 48.6 Å². The fraction of sp³-hybridized carbons (Fsp3) is 0.267. The third kappa shape index (κ3) is 3.80. The van der Waals surface area contributed by atoms with Gasteiger partial charge in [0.25, 0.3) is 5.56 Å². The van der Waals surface area contributed by atoms with Crippen LogP contribution in [0.5, 0.6) is 0 Å². The maximum absolute atomic E-state index is 13.6. The first-order valence-electron chi connectivity index (χ1n) is 12.4. The zero-order valence-electron chi connectivity index (χ0n) is 19.9. The van der Waals surface area contributed by atoms with Crippen LogP contribution >= 0.6 is 0 Å². The number of benzene rings is 3. The summed E-state index contributed by atoms with van der Waals surface area (Å²) in [5, 5.41) is 10.8. The van der Waals surface area contributed by atoms with Crippen LogP contribution in [0.2, 0.25) is 0 Å². The largest absolute Gasteiger partial charge is 0.369 e. The van der Waals surface area contributed by atoms with Crippen LogP contribution in [0.15, 0.2) is 77.7 Å². The van der Waals surface area contributed by atoms with Crippen molar-refractivity contribution >= 4 is 16.5 Å². The molecule has 0 amide bonds. The molecule has 5 heteroatoms. The lowest BCUT2D eigenvalue weighted by Crippen LogP contribution is -2.50. The van der Waals surface area contributed by atoms with E-state index >= 15 is 0 Å². The summed E-state index contributed by atoms with van der Waals surface area (Å²) in [6.07, 6.45) is 4.56. The Balaban J connectivity index is 1.35. The number of nitrogens with zero attached hydrogens (tertiary/aromatic N) is 4. The molecule has 2 saturated heterocycles. The molecular formula is C30H28N4O. The number of nitriles is 1. The summed E-state index contributed by atoms with van der Waals surface area (Å²) in [6.45, 7) is 6.59. The monoisotopic (exact) mass is 460 g/mol. The molecular weight excluding hydrogens is 432 g/mol. The maximum Gasteiger partial charge on any atom is 0.262 e. The van der Waals surface area contributed by atoms with Crippen LogP contribution in [-0.2, 0) is 0 Å². The van der Waals surface area contributed by atoms with Gasteiger partial charge in [-0.2, -0.15) is 5.26 Å². The van der Waals surface area contributed by atoms with Gasteiger partial charge in [0.2, 0.25) is 0 Å². The molecule has 6 rings (SSSR count). The number of hydrogen-bond acceptors (Lipinski definition) is 4. The zero-order chi connectivity index (χ0) is 23.9. The highest BCUT2D eigenvalue weighted by atomic mass is 16.1. The third-order valence-electron chi connectivity index (χ3n) is 7.64. The second kappa shape index (κ2) is 8.72. The van der Waals surface area contributed by atoms with Crippen molar-refractivity contribution in [3.8, 4) is 22.9 Å². The summed E-state index contributed by atoms with van der Waals surface area (Å²) in [7, 11) is 0. The van der Waals surface area contributed by atoms with E-state index in [1.54, 1.807) is 4.57 Å². The van der Waals surface area contributed by atoms with Crippen molar-refractivity contribution in [3.05, 3.63) is 94.4 Å². The Morgan fingerprint density at radius 3 is 2.46 bits per heavy atom. The Bertz CT molecular complexity index is 1500. The molecule has 5 nitrogen and oxygen atoms in total. The van der Waals surface area contributed by atoms with Gasteiger partial charge < -0.3 is 4.90 Å². The molecule has 2 aliphatic rings. The maximum atomic E-state index is 13.6. The lowest BCUT2D eigenvalue weighted by atomic mass is 9.96. The Morgan fingerprint density at radius 1 is 0.914 bits per heavy atom. The van der Waals surface area contributed by atoms with Gasteiger partial charge in [-0.05, 0) is 90.9 Å². The van der Waals surface area contributed by atoms with E-state index in [1.165, 1.54) is 25.1 Å². The molecule has 1 aromatic heterocycles. The van der Waals surface area contributed by atoms with E-state index in [1.807, 2.05) is 48.7 Å². The molecule has 2 aliphatic heterocycles. The molecule has 174 valence electrons. The zero-order valence-corrected chi connectivity index (χ0v) is 19.9. The quantitative estimate of drug-likeness (QED) is 0.426. The van der Waals surface area contributed by atoms with Gasteiger partial charge in [-0.25, -0.2) is 0 Å². The Hall–Kier alpha value is -3.88. The molecule has 0 saturated carbocycles. The Morgan fingerprint density at radius 2 is 1.69 bits per heavy atom. The lowest BCUT2D eigenvalue weighted by Gasteiger charge is -2.38. The minimum Gasteiger partial charge on any atom is -0.369 e. The van der Waals surface area contributed by atoms with Gasteiger partial charge >= 0.3 is 0 Å². The summed E-state index contributed by atoms with van der Waals surface area (Å²) in [5.41, 5.74) is 5.77. The van der Waals surface area contributed by atoms with Crippen LogP contribution in [0.4, 0.5) is 5.69 Å². The summed E-state index contributed by atoms with van der Waals surface area (Å²) in [4.78, 5) is 18.7. The van der Waals surface area contributed by atoms with Crippen LogP contribution in [-0.4, -0.2) is 41.7 Å². The molecule has 3 aromatic carbocycles. The molecule has 0 radical (unpaired) electrons. The second-order valence-corrected chi connectivity index (χ2v) is 9.70. The van der Waals surface area contributed by atoms with Crippen LogP contribution in [0.25, 0.3) is 27.6 Å². The van der Waals surface area contributed by atoms with E-state index in [0.29, 0.717) is 17.0 Å². The molecule has 0 bridgehead atoms. The average Bonchev–Trinajstić information content (AvgIpc) is 3.39. The van der Waals surface area contributed by atoms with Gasteiger partial charge in [0.1, 0.15) is 0 Å². The SMILES string of the molecule is Cc1cn(-c2ccc(N3CCN4CCCC4C3)cc2)c(=O)c2cccc(-c3ccc(C#N)cc3)c12. The number of aromatic nitrogens is 1. The van der Waals surface area contributed by atoms with Crippen molar-refractivity contribution in [1.29, 1.82) is 5.26 Å². The first kappa shape index (κ1) is 21.6. The first-order valence-corrected chi connectivity index (χ1v) is 12.4. The molecule has 1 unspecified atom stereocenters. The molecule has 0 aliphatic carbocycles. The highest BCUT2D eigenvalue weighted by Gasteiger charge is 2.30. The minimum absolute atomic E-state index is 0.0200. The van der Waals surface area contributed by atoms with Crippen molar-refractivity contribution in [3.63, 3.8) is 0 Å². The van der Waals surface area contributed by atoms with E-state index in [9.17, 15) is 4.79 Å². The van der Waals surface area contributed by atoms with Crippen molar-refractivity contribution < 1.29 is 0 Å². The van der Waals surface area contributed by atoms with Crippen LogP contribution < -0.4 is 10.5 Å². The third-order valence-corrected chi connectivity index (χ3v) is 7.64. The van der Waals surface area contributed by atoms with Gasteiger partial charge in [-0.1, -0.05) is 24.3 Å². The van der Waals surface area contributed by atoms with Crippen molar-refractivity contribution in [2.24, 2.45) is 0 Å². The fourth-order valence-electron chi connectivity index (χ4n) is 5.81. The van der Waals surface area contributed by atoms with Gasteiger partial charge in [0.05, 0.1) is 11.6 Å². The average molecular weight is 461 g/mol. The number of piperazine rings is 1. The van der Waals surface area contributed by atoms with Gasteiger partial charge in [-0.15, -0.1) is 0 Å². The summed E-state index contributed by atoms with van der Waals surface area (Å²) in [6, 6.07) is 24.7. The predicted molar refractivity (Wildman–Crippen MR) is 141 cm³/mol. The predicted octanol–water partition coefficient (Wildman–Crippen LogP) is 5.12. The summed E-state index contributed by atoms with van der Waals surface area (Å²) >= 11 is 0. The smallest absolute Gasteiger partial charge is 0.262 e. The van der Waals surface area contributed by atoms with Crippen LogP contribution in [0, 0.1) is 18.3 Å². The normalized spacial score (nSPS) is 17.9. The van der Waals surface area contributed by atoms with Gasteiger partial charge in [0.15, 0.2) is 0 Å². The van der Waals surface area contributed by atoms with Gasteiger partial charge in [-0.3, -0.25) is 14.3 Å². The second-order valence-electron chi connectivity index (χ2n) is 9.70. The lowest BCUT2D eigenvalue weighted by molar-refractivity contribution is 0.231. The summed E-state index contributed by atoms with van der Waals surface area (Å²) in [5.74, 6) is 0.